The first kappa shape index (κ1) is 35.1. The standard InChI is InChI=1S/C34H66N2/c1-3-5-7-9-11-15-21-27-33(29-23-17-13-19-25-31-35)34(30-24-18-14-20-26-32-36)28-22-16-12-10-8-6-4-2/h11-12,15-16,27,34H,3-10,13-14,17-26,28-32,35-36H2,1-2H3/b15-11+,16-12+,33-27-. The third kappa shape index (κ3) is 24.8. The van der Waals surface area contributed by atoms with E-state index in [1.54, 1.807) is 5.57 Å². The highest BCUT2D eigenvalue weighted by Crippen LogP contribution is 2.29. The van der Waals surface area contributed by atoms with E-state index < -0.39 is 0 Å². The number of allylic oxidation sites excluding steroid dienone is 6. The number of nitrogens with two attached hydrogens (primary N) is 2. The first-order chi connectivity index (χ1) is 17.8. The van der Waals surface area contributed by atoms with Gasteiger partial charge in [0.25, 0.3) is 0 Å². The summed E-state index contributed by atoms with van der Waals surface area (Å²) in [6.45, 7) is 6.26. The highest BCUT2D eigenvalue weighted by molar-refractivity contribution is 5.10. The predicted molar refractivity (Wildman–Crippen MR) is 166 cm³/mol. The number of hydrogen-bond acceptors (Lipinski definition) is 2. The van der Waals surface area contributed by atoms with Gasteiger partial charge >= 0.3 is 0 Å². The Kier molecular flexibility index (Phi) is 29.6. The minimum atomic E-state index is 0.761. The van der Waals surface area contributed by atoms with E-state index in [-0.39, 0.29) is 0 Å². The van der Waals surface area contributed by atoms with E-state index in [0.29, 0.717) is 0 Å². The lowest BCUT2D eigenvalue weighted by Crippen LogP contribution is -2.06. The monoisotopic (exact) mass is 503 g/mol. The third-order valence-corrected chi connectivity index (χ3v) is 7.43. The fourth-order valence-electron chi connectivity index (χ4n) is 5.05. The van der Waals surface area contributed by atoms with Crippen LogP contribution in [0.4, 0.5) is 0 Å². The molecule has 0 bridgehead atoms. The van der Waals surface area contributed by atoms with Crippen LogP contribution in [0.5, 0.6) is 0 Å². The summed E-state index contributed by atoms with van der Waals surface area (Å²) < 4.78 is 0. The summed E-state index contributed by atoms with van der Waals surface area (Å²) in [4.78, 5) is 0. The molecule has 0 heterocycles. The second kappa shape index (κ2) is 30.4. The molecular formula is C34H66N2. The van der Waals surface area contributed by atoms with E-state index in [0.717, 1.165) is 25.4 Å². The second-order valence-corrected chi connectivity index (χ2v) is 10.9. The van der Waals surface area contributed by atoms with Gasteiger partial charge in [-0.15, -0.1) is 0 Å². The van der Waals surface area contributed by atoms with Gasteiger partial charge in [-0.05, 0) is 96.1 Å². The van der Waals surface area contributed by atoms with Crippen LogP contribution in [0.15, 0.2) is 36.0 Å². The van der Waals surface area contributed by atoms with Crippen LogP contribution in [0.3, 0.4) is 0 Å². The van der Waals surface area contributed by atoms with Crippen molar-refractivity contribution in [3.63, 3.8) is 0 Å². The molecule has 0 spiro atoms. The van der Waals surface area contributed by atoms with Crippen LogP contribution in [0.1, 0.15) is 162 Å². The van der Waals surface area contributed by atoms with E-state index in [9.17, 15) is 0 Å². The predicted octanol–water partition coefficient (Wildman–Crippen LogP) is 10.6. The van der Waals surface area contributed by atoms with Gasteiger partial charge < -0.3 is 11.5 Å². The lowest BCUT2D eigenvalue weighted by Gasteiger charge is -2.21. The summed E-state index contributed by atoms with van der Waals surface area (Å²) in [7, 11) is 0. The molecule has 0 aliphatic rings. The maximum atomic E-state index is 5.69. The number of hydrogen-bond donors (Lipinski definition) is 2. The molecule has 0 fully saturated rings. The molecule has 1 atom stereocenters. The molecule has 2 nitrogen and oxygen atoms in total. The van der Waals surface area contributed by atoms with Crippen LogP contribution in [0.2, 0.25) is 0 Å². The molecule has 0 aromatic heterocycles. The zero-order valence-electron chi connectivity index (χ0n) is 24.8. The van der Waals surface area contributed by atoms with Gasteiger partial charge in [-0.25, -0.2) is 0 Å². The highest BCUT2D eigenvalue weighted by atomic mass is 14.5. The molecule has 0 saturated heterocycles. The van der Waals surface area contributed by atoms with Crippen molar-refractivity contribution in [2.24, 2.45) is 17.4 Å². The minimum Gasteiger partial charge on any atom is -0.330 e. The van der Waals surface area contributed by atoms with Gasteiger partial charge in [0, 0.05) is 0 Å². The van der Waals surface area contributed by atoms with Crippen molar-refractivity contribution in [2.75, 3.05) is 13.1 Å². The Morgan fingerprint density at radius 1 is 0.528 bits per heavy atom. The fraction of sp³-hybridized carbons (Fsp3) is 0.824. The van der Waals surface area contributed by atoms with Gasteiger partial charge in [-0.2, -0.15) is 0 Å². The molecule has 212 valence electrons. The average Bonchev–Trinajstić information content (AvgIpc) is 2.89. The van der Waals surface area contributed by atoms with Gasteiger partial charge in [0.1, 0.15) is 0 Å². The quantitative estimate of drug-likeness (QED) is 0.0825. The molecule has 0 rings (SSSR count). The molecule has 0 aliphatic heterocycles. The molecule has 0 aromatic rings. The molecule has 0 amide bonds. The van der Waals surface area contributed by atoms with Crippen molar-refractivity contribution in [3.8, 4) is 0 Å². The second-order valence-electron chi connectivity index (χ2n) is 10.9. The maximum Gasteiger partial charge on any atom is -0.00773 e. The SMILES string of the molecule is CCCCC/C=C/C/C=C(/CCCCCCCN)C(CC/C=C/CCCCC)CCCCCCCN. The third-order valence-electron chi connectivity index (χ3n) is 7.43. The van der Waals surface area contributed by atoms with Crippen molar-refractivity contribution >= 4 is 0 Å². The Morgan fingerprint density at radius 3 is 1.67 bits per heavy atom. The normalized spacial score (nSPS) is 13.4. The van der Waals surface area contributed by atoms with Crippen molar-refractivity contribution in [1.82, 2.24) is 0 Å². The molecule has 0 saturated carbocycles. The Balaban J connectivity index is 4.98. The van der Waals surface area contributed by atoms with Gasteiger partial charge in [0.05, 0.1) is 0 Å². The van der Waals surface area contributed by atoms with E-state index in [1.165, 1.54) is 141 Å². The lowest BCUT2D eigenvalue weighted by molar-refractivity contribution is 0.460. The molecule has 0 aromatic carbocycles. The highest BCUT2D eigenvalue weighted by Gasteiger charge is 2.13. The summed E-state index contributed by atoms with van der Waals surface area (Å²) in [6.07, 6.45) is 42.3. The first-order valence-corrected chi connectivity index (χ1v) is 16.2. The van der Waals surface area contributed by atoms with Gasteiger partial charge in [-0.3, -0.25) is 0 Å². The number of unbranched alkanes of at least 4 members (excludes halogenated alkanes) is 14. The molecule has 4 N–H and O–H groups in total. The Labute approximate surface area is 227 Å². The van der Waals surface area contributed by atoms with E-state index >= 15 is 0 Å². The largest absolute Gasteiger partial charge is 0.330 e. The van der Waals surface area contributed by atoms with E-state index in [2.05, 4.69) is 44.2 Å². The average molecular weight is 503 g/mol. The molecule has 0 aliphatic carbocycles. The Bertz CT molecular complexity index is 505. The summed E-state index contributed by atoms with van der Waals surface area (Å²) >= 11 is 0. The summed E-state index contributed by atoms with van der Waals surface area (Å²) in [5.41, 5.74) is 13.1. The zero-order chi connectivity index (χ0) is 26.4. The van der Waals surface area contributed by atoms with Crippen LogP contribution in [-0.4, -0.2) is 13.1 Å². The van der Waals surface area contributed by atoms with Crippen molar-refractivity contribution in [2.45, 2.75) is 162 Å². The summed E-state index contributed by atoms with van der Waals surface area (Å²) in [5.74, 6) is 0.761. The first-order valence-electron chi connectivity index (χ1n) is 16.2. The lowest BCUT2D eigenvalue weighted by atomic mass is 9.85. The fourth-order valence-corrected chi connectivity index (χ4v) is 5.05. The van der Waals surface area contributed by atoms with Crippen LogP contribution < -0.4 is 11.5 Å². The zero-order valence-corrected chi connectivity index (χ0v) is 24.8. The number of rotatable bonds is 28. The summed E-state index contributed by atoms with van der Waals surface area (Å²) in [5, 5.41) is 0. The molecular weight excluding hydrogens is 436 g/mol. The topological polar surface area (TPSA) is 52.0 Å². The van der Waals surface area contributed by atoms with Crippen molar-refractivity contribution in [1.29, 1.82) is 0 Å². The molecule has 0 radical (unpaired) electrons. The smallest absolute Gasteiger partial charge is 0.00773 e. The van der Waals surface area contributed by atoms with E-state index in [4.69, 9.17) is 11.5 Å². The van der Waals surface area contributed by atoms with Crippen LogP contribution in [0, 0.1) is 5.92 Å². The summed E-state index contributed by atoms with van der Waals surface area (Å²) in [6, 6.07) is 0. The Morgan fingerprint density at radius 2 is 1.06 bits per heavy atom. The van der Waals surface area contributed by atoms with Gasteiger partial charge in [0.15, 0.2) is 0 Å². The maximum absolute atomic E-state index is 5.69. The van der Waals surface area contributed by atoms with Crippen LogP contribution in [-0.2, 0) is 0 Å². The van der Waals surface area contributed by atoms with Gasteiger partial charge in [0.2, 0.25) is 0 Å². The van der Waals surface area contributed by atoms with Crippen LogP contribution >= 0.6 is 0 Å². The van der Waals surface area contributed by atoms with Crippen molar-refractivity contribution in [3.05, 3.63) is 36.0 Å². The molecule has 1 unspecified atom stereocenters. The Hall–Kier alpha value is -0.860. The van der Waals surface area contributed by atoms with Crippen LogP contribution in [0.25, 0.3) is 0 Å². The van der Waals surface area contributed by atoms with Crippen molar-refractivity contribution < 1.29 is 0 Å². The van der Waals surface area contributed by atoms with Gasteiger partial charge in [-0.1, -0.05) is 120 Å². The minimum absolute atomic E-state index is 0.761. The molecule has 2 heteroatoms. The molecule has 36 heavy (non-hydrogen) atoms. The van der Waals surface area contributed by atoms with E-state index in [1.807, 2.05) is 0 Å².